The van der Waals surface area contributed by atoms with Crippen LogP contribution in [-0.2, 0) is 26.2 Å². The molecular weight excluding hydrogens is 508 g/mol. The van der Waals surface area contributed by atoms with Crippen LogP contribution in [0.1, 0.15) is 32.3 Å². The van der Waals surface area contributed by atoms with Crippen molar-refractivity contribution in [3.63, 3.8) is 0 Å². The molecule has 2 aromatic rings. The highest BCUT2D eigenvalue weighted by molar-refractivity contribution is 7.89. The number of ether oxygens (including phenoxy) is 1. The monoisotopic (exact) mass is 540 g/mol. The van der Waals surface area contributed by atoms with Crippen molar-refractivity contribution in [3.05, 3.63) is 54.4 Å². The molecule has 0 radical (unpaired) electrons. The Balaban J connectivity index is 0.00000456. The minimum Gasteiger partial charge on any atom is -0.497 e. The van der Waals surface area contributed by atoms with Crippen LogP contribution < -0.4 is 10.2 Å². The van der Waals surface area contributed by atoms with E-state index in [1.807, 2.05) is 13.8 Å². The molecule has 2 heterocycles. The van der Waals surface area contributed by atoms with Gasteiger partial charge in [0.05, 0.1) is 12.0 Å². The summed E-state index contributed by atoms with van der Waals surface area (Å²) >= 11 is 0. The number of likely N-dealkylation sites (tertiary alicyclic amines) is 1. The fraction of sp³-hybridized carbons (Fsp3) is 0.458. The van der Waals surface area contributed by atoms with E-state index in [-0.39, 0.29) is 35.7 Å². The fourth-order valence-electron chi connectivity index (χ4n) is 4.33. The average Bonchev–Trinajstić information content (AvgIpc) is 2.88. The molecule has 2 amide bonds. The Labute approximate surface area is 218 Å². The number of carbonyl (C=O) groups excluding carboxylic acids is 2. The number of halogens is 1. The van der Waals surface area contributed by atoms with Crippen molar-refractivity contribution in [2.24, 2.45) is 11.8 Å². The summed E-state index contributed by atoms with van der Waals surface area (Å²) in [7, 11) is -2.68. The molecule has 0 unspecified atom stereocenters. The number of hydrogen-bond donors (Lipinski definition) is 2. The van der Waals surface area contributed by atoms with Gasteiger partial charge in [0.2, 0.25) is 15.9 Å². The highest BCUT2D eigenvalue weighted by Crippen LogP contribution is 2.31. The highest BCUT2D eigenvalue weighted by Gasteiger charge is 2.42. The second kappa shape index (κ2) is 13.0. The summed E-state index contributed by atoms with van der Waals surface area (Å²) in [6.45, 7) is 4.37. The van der Waals surface area contributed by atoms with Crippen molar-refractivity contribution < 1.29 is 28.0 Å². The Hall–Kier alpha value is -2.73. The summed E-state index contributed by atoms with van der Waals surface area (Å²) in [4.78, 5) is 31.1. The van der Waals surface area contributed by atoms with Gasteiger partial charge in [-0.1, -0.05) is 13.8 Å². The van der Waals surface area contributed by atoms with Gasteiger partial charge >= 0.3 is 0 Å². The summed E-state index contributed by atoms with van der Waals surface area (Å²) in [5, 5.41) is 9.56. The summed E-state index contributed by atoms with van der Waals surface area (Å²) in [6.07, 6.45) is 3.93. The molecule has 198 valence electrons. The van der Waals surface area contributed by atoms with Crippen LogP contribution in [0.15, 0.2) is 53.7 Å². The molecular formula is C24H33ClN4O6S. The van der Waals surface area contributed by atoms with Crippen LogP contribution in [0, 0.1) is 11.8 Å². The molecule has 1 aliphatic heterocycles. The van der Waals surface area contributed by atoms with Gasteiger partial charge in [-0.2, -0.15) is 4.31 Å². The first-order chi connectivity index (χ1) is 16.7. The Bertz CT molecular complexity index is 1110. The number of aromatic nitrogens is 1. The van der Waals surface area contributed by atoms with E-state index < -0.39 is 27.9 Å². The van der Waals surface area contributed by atoms with Crippen molar-refractivity contribution in [1.29, 1.82) is 0 Å². The molecule has 1 aromatic heterocycles. The van der Waals surface area contributed by atoms with Crippen LogP contribution in [0.25, 0.3) is 0 Å². The van der Waals surface area contributed by atoms with E-state index >= 15 is 0 Å². The third-order valence-electron chi connectivity index (χ3n) is 6.23. The Morgan fingerprint density at radius 1 is 1.14 bits per heavy atom. The lowest BCUT2D eigenvalue weighted by Gasteiger charge is -2.39. The number of sulfonamides is 1. The third kappa shape index (κ3) is 6.73. The van der Waals surface area contributed by atoms with Gasteiger partial charge in [-0.3, -0.25) is 19.8 Å². The molecule has 0 bridgehead atoms. The number of methoxy groups -OCH3 is 1. The number of piperidine rings is 1. The first kappa shape index (κ1) is 29.5. The van der Waals surface area contributed by atoms with Gasteiger partial charge in [0.1, 0.15) is 11.8 Å². The zero-order valence-electron chi connectivity index (χ0n) is 20.5. The highest BCUT2D eigenvalue weighted by atomic mass is 35.5. The molecule has 1 saturated heterocycles. The second-order valence-electron chi connectivity index (χ2n) is 8.82. The number of amides is 2. The molecule has 1 atom stereocenters. The number of pyridine rings is 1. The van der Waals surface area contributed by atoms with Gasteiger partial charge in [-0.25, -0.2) is 13.9 Å². The van der Waals surface area contributed by atoms with Gasteiger partial charge in [0.15, 0.2) is 0 Å². The summed E-state index contributed by atoms with van der Waals surface area (Å²) in [6, 6.07) is 8.08. The molecule has 2 N–H and O–H groups in total. The number of nitrogens with one attached hydrogen (secondary N) is 1. The van der Waals surface area contributed by atoms with Crippen molar-refractivity contribution in [2.75, 3.05) is 20.2 Å². The van der Waals surface area contributed by atoms with Crippen molar-refractivity contribution in [1.82, 2.24) is 19.7 Å². The SMILES string of the molecule is COc1ccc(S(=O)(=O)N(Cc2ccncc2)[C@@H](C(=O)NO)C2CCN(C(=O)C(C)C)CC2)cc1.Cl. The first-order valence-corrected chi connectivity index (χ1v) is 12.9. The smallest absolute Gasteiger partial charge is 0.262 e. The lowest BCUT2D eigenvalue weighted by Crippen LogP contribution is -2.55. The number of hydroxylamine groups is 1. The van der Waals surface area contributed by atoms with Crippen LogP contribution in [-0.4, -0.2) is 65.9 Å². The molecule has 12 heteroatoms. The number of hydrogen-bond acceptors (Lipinski definition) is 7. The zero-order valence-corrected chi connectivity index (χ0v) is 22.2. The van der Waals surface area contributed by atoms with Crippen LogP contribution in [0.3, 0.4) is 0 Å². The van der Waals surface area contributed by atoms with Crippen molar-refractivity contribution in [3.8, 4) is 5.75 Å². The summed E-state index contributed by atoms with van der Waals surface area (Å²) < 4.78 is 34.0. The molecule has 0 aliphatic carbocycles. The third-order valence-corrected chi connectivity index (χ3v) is 8.08. The molecule has 10 nitrogen and oxygen atoms in total. The number of carbonyl (C=O) groups is 2. The lowest BCUT2D eigenvalue weighted by atomic mass is 9.88. The standard InChI is InChI=1S/C24H32N4O6S.ClH/c1-17(2)24(30)27-14-10-19(11-15-27)22(23(29)26-31)28(16-18-8-12-25-13-9-18)35(32,33)21-6-4-20(34-3)5-7-21;/h4-9,12-13,17,19,22,31H,10-11,14-16H2,1-3H3,(H,26,29);1H/t22-;/m1./s1. The molecule has 36 heavy (non-hydrogen) atoms. The number of rotatable bonds is 9. The molecule has 3 rings (SSSR count). The Kier molecular flexibility index (Phi) is 10.7. The van der Waals surface area contributed by atoms with E-state index in [1.54, 1.807) is 34.9 Å². The lowest BCUT2D eigenvalue weighted by molar-refractivity contribution is -0.138. The predicted octanol–water partition coefficient (Wildman–Crippen LogP) is 2.47. The maximum Gasteiger partial charge on any atom is 0.262 e. The van der Waals surface area contributed by atoms with E-state index in [2.05, 4.69) is 4.98 Å². The van der Waals surface area contributed by atoms with Gasteiger partial charge in [0.25, 0.3) is 5.91 Å². The van der Waals surface area contributed by atoms with Crippen LogP contribution >= 0.6 is 12.4 Å². The molecule has 1 fully saturated rings. The molecule has 1 aliphatic rings. The van der Waals surface area contributed by atoms with E-state index in [1.165, 1.54) is 31.4 Å². The Morgan fingerprint density at radius 3 is 2.22 bits per heavy atom. The quantitative estimate of drug-likeness (QED) is 0.369. The average molecular weight is 541 g/mol. The zero-order chi connectivity index (χ0) is 25.6. The van der Waals surface area contributed by atoms with E-state index in [0.717, 1.165) is 4.31 Å². The molecule has 0 spiro atoms. The van der Waals surface area contributed by atoms with Gasteiger partial charge in [-0.15, -0.1) is 12.4 Å². The predicted molar refractivity (Wildman–Crippen MR) is 135 cm³/mol. The maximum atomic E-state index is 13.8. The van der Waals surface area contributed by atoms with Gasteiger partial charge in [0, 0.05) is 37.9 Å². The minimum atomic E-state index is -4.17. The van der Waals surface area contributed by atoms with Gasteiger partial charge < -0.3 is 9.64 Å². The number of nitrogens with zero attached hydrogens (tertiary/aromatic N) is 3. The van der Waals surface area contributed by atoms with Crippen molar-refractivity contribution in [2.45, 2.75) is 44.2 Å². The minimum absolute atomic E-state index is 0. The maximum absolute atomic E-state index is 13.8. The van der Waals surface area contributed by atoms with Crippen LogP contribution in [0.5, 0.6) is 5.75 Å². The van der Waals surface area contributed by atoms with E-state index in [0.29, 0.717) is 37.2 Å². The normalized spacial score (nSPS) is 15.3. The number of benzene rings is 1. The summed E-state index contributed by atoms with van der Waals surface area (Å²) in [5.74, 6) is -0.859. The Morgan fingerprint density at radius 2 is 1.72 bits per heavy atom. The van der Waals surface area contributed by atoms with Crippen molar-refractivity contribution >= 4 is 34.2 Å². The summed E-state index contributed by atoms with van der Waals surface area (Å²) in [5.41, 5.74) is 2.30. The fourth-order valence-corrected chi connectivity index (χ4v) is 5.97. The topological polar surface area (TPSA) is 129 Å². The van der Waals surface area contributed by atoms with Crippen LogP contribution in [0.4, 0.5) is 0 Å². The largest absolute Gasteiger partial charge is 0.497 e. The van der Waals surface area contributed by atoms with E-state index in [9.17, 15) is 23.2 Å². The molecule has 0 saturated carbocycles. The van der Waals surface area contributed by atoms with E-state index in [4.69, 9.17) is 4.74 Å². The second-order valence-corrected chi connectivity index (χ2v) is 10.7. The first-order valence-electron chi connectivity index (χ1n) is 11.5. The molecule has 1 aromatic carbocycles. The van der Waals surface area contributed by atoms with Gasteiger partial charge in [-0.05, 0) is 60.7 Å². The van der Waals surface area contributed by atoms with Crippen LogP contribution in [0.2, 0.25) is 0 Å².